The molecule has 0 saturated heterocycles. The monoisotopic (exact) mass is 365 g/mol. The molecular weight excluding hydrogens is 346 g/mol. The molecule has 0 radical (unpaired) electrons. The standard InChI is InChI=1S/C20H19N3O4/c1-3-26-20(25)18-13(2)21-15-8-4-5-9-16(15)22-19(18)23-17(24)11-10-14-7-6-12-27-14/h4-12,21H,3H2,1-2H3,(H,22,23,24)/b11-10+. The molecule has 2 N–H and O–H groups in total. The van der Waals surface area contributed by atoms with Crippen LogP contribution in [0.4, 0.5) is 11.4 Å². The average molecular weight is 365 g/mol. The summed E-state index contributed by atoms with van der Waals surface area (Å²) in [5.74, 6) is -0.349. The Bertz CT molecular complexity index is 940. The largest absolute Gasteiger partial charge is 0.465 e. The number of esters is 1. The summed E-state index contributed by atoms with van der Waals surface area (Å²) in [6.45, 7) is 3.66. The predicted molar refractivity (Wildman–Crippen MR) is 102 cm³/mol. The van der Waals surface area contributed by atoms with Crippen LogP contribution in [0.2, 0.25) is 0 Å². The number of fused-ring (bicyclic) bond motifs is 1. The molecule has 7 heteroatoms. The highest BCUT2D eigenvalue weighted by atomic mass is 16.5. The van der Waals surface area contributed by atoms with Crippen molar-refractivity contribution in [3.8, 4) is 0 Å². The summed E-state index contributed by atoms with van der Waals surface area (Å²) < 4.78 is 10.3. The molecule has 0 unspecified atom stereocenters. The molecule has 0 saturated carbocycles. The smallest absolute Gasteiger partial charge is 0.343 e. The first kappa shape index (κ1) is 18.2. The molecule has 2 heterocycles. The van der Waals surface area contributed by atoms with Crippen molar-refractivity contribution in [1.29, 1.82) is 0 Å². The Morgan fingerprint density at radius 2 is 2.07 bits per heavy atom. The summed E-state index contributed by atoms with van der Waals surface area (Å²) in [5, 5.41) is 5.82. The van der Waals surface area contributed by atoms with Gasteiger partial charge in [-0.2, -0.15) is 0 Å². The van der Waals surface area contributed by atoms with Gasteiger partial charge in [-0.25, -0.2) is 9.79 Å². The molecule has 0 spiro atoms. The normalized spacial score (nSPS) is 13.5. The second-order valence-electron chi connectivity index (χ2n) is 5.66. The van der Waals surface area contributed by atoms with E-state index in [-0.39, 0.29) is 18.0 Å². The summed E-state index contributed by atoms with van der Waals surface area (Å²) in [7, 11) is 0. The number of allylic oxidation sites excluding steroid dienone is 1. The number of benzene rings is 1. The third-order valence-corrected chi connectivity index (χ3v) is 3.73. The molecule has 1 aromatic heterocycles. The van der Waals surface area contributed by atoms with Gasteiger partial charge in [0.2, 0.25) is 5.91 Å². The molecule has 0 bridgehead atoms. The summed E-state index contributed by atoms with van der Waals surface area (Å²) in [6, 6.07) is 10.8. The van der Waals surface area contributed by atoms with Crippen molar-refractivity contribution in [3.05, 3.63) is 65.8 Å². The average Bonchev–Trinajstić information content (AvgIpc) is 3.11. The van der Waals surface area contributed by atoms with Crippen molar-refractivity contribution in [1.82, 2.24) is 5.32 Å². The maximum absolute atomic E-state index is 12.5. The number of amides is 1. The van der Waals surface area contributed by atoms with Crippen LogP contribution in [0.15, 0.2) is 69.4 Å². The number of furan rings is 1. The maximum atomic E-state index is 12.5. The second kappa shape index (κ2) is 8.18. The highest BCUT2D eigenvalue weighted by molar-refractivity contribution is 6.25. The number of hydrogen-bond acceptors (Lipinski definition) is 6. The quantitative estimate of drug-likeness (QED) is 0.640. The van der Waals surface area contributed by atoms with E-state index < -0.39 is 11.9 Å². The lowest BCUT2D eigenvalue weighted by molar-refractivity contribution is -0.137. The number of aliphatic imine (C=N–C) groups is 1. The van der Waals surface area contributed by atoms with E-state index in [1.165, 1.54) is 18.4 Å². The Morgan fingerprint density at radius 1 is 1.26 bits per heavy atom. The van der Waals surface area contributed by atoms with Gasteiger partial charge < -0.3 is 19.8 Å². The highest BCUT2D eigenvalue weighted by Gasteiger charge is 2.25. The van der Waals surface area contributed by atoms with Gasteiger partial charge in [0.15, 0.2) is 0 Å². The Kier molecular flexibility index (Phi) is 5.51. The van der Waals surface area contributed by atoms with Crippen molar-refractivity contribution < 1.29 is 18.7 Å². The zero-order valence-corrected chi connectivity index (χ0v) is 15.0. The fourth-order valence-electron chi connectivity index (χ4n) is 2.54. The first-order valence-corrected chi connectivity index (χ1v) is 8.44. The van der Waals surface area contributed by atoms with Crippen LogP contribution in [0.3, 0.4) is 0 Å². The number of ether oxygens (including phenoxy) is 1. The number of para-hydroxylation sites is 2. The third-order valence-electron chi connectivity index (χ3n) is 3.73. The van der Waals surface area contributed by atoms with Crippen LogP contribution in [-0.4, -0.2) is 24.3 Å². The lowest BCUT2D eigenvalue weighted by atomic mass is 10.2. The van der Waals surface area contributed by atoms with Crippen molar-refractivity contribution in [2.45, 2.75) is 13.8 Å². The van der Waals surface area contributed by atoms with Gasteiger partial charge in [0.25, 0.3) is 0 Å². The zero-order valence-electron chi connectivity index (χ0n) is 15.0. The highest BCUT2D eigenvalue weighted by Crippen LogP contribution is 2.30. The number of hydrogen-bond donors (Lipinski definition) is 2. The molecule has 2 aromatic rings. The van der Waals surface area contributed by atoms with Crippen LogP contribution >= 0.6 is 0 Å². The van der Waals surface area contributed by atoms with Crippen molar-refractivity contribution in [2.75, 3.05) is 11.9 Å². The van der Waals surface area contributed by atoms with E-state index in [0.29, 0.717) is 17.1 Å². The van der Waals surface area contributed by atoms with Gasteiger partial charge in [-0.1, -0.05) is 12.1 Å². The molecule has 1 aliphatic heterocycles. The van der Waals surface area contributed by atoms with E-state index in [0.717, 1.165) is 5.69 Å². The van der Waals surface area contributed by atoms with Crippen LogP contribution < -0.4 is 10.6 Å². The minimum Gasteiger partial charge on any atom is -0.465 e. The molecular formula is C20H19N3O4. The molecule has 0 aliphatic carbocycles. The number of amidine groups is 1. The van der Waals surface area contributed by atoms with Gasteiger partial charge in [-0.3, -0.25) is 4.79 Å². The van der Waals surface area contributed by atoms with Crippen LogP contribution in [0.1, 0.15) is 19.6 Å². The number of carbonyl (C=O) groups excluding carboxylic acids is 2. The van der Waals surface area contributed by atoms with E-state index in [1.54, 1.807) is 32.0 Å². The van der Waals surface area contributed by atoms with E-state index >= 15 is 0 Å². The van der Waals surface area contributed by atoms with E-state index in [4.69, 9.17) is 9.15 Å². The van der Waals surface area contributed by atoms with Gasteiger partial charge in [0, 0.05) is 11.8 Å². The third kappa shape index (κ3) is 4.33. The van der Waals surface area contributed by atoms with Gasteiger partial charge in [0.05, 0.1) is 24.2 Å². The van der Waals surface area contributed by atoms with E-state index in [1.807, 2.05) is 18.2 Å². The number of rotatable bonds is 4. The molecule has 0 fully saturated rings. The zero-order chi connectivity index (χ0) is 19.2. The Balaban J connectivity index is 1.94. The summed E-state index contributed by atoms with van der Waals surface area (Å²) in [5.41, 5.74) is 2.04. The van der Waals surface area contributed by atoms with Crippen LogP contribution in [0, 0.1) is 0 Å². The molecule has 1 aromatic carbocycles. The topological polar surface area (TPSA) is 92.9 Å². The molecule has 7 nitrogen and oxygen atoms in total. The SMILES string of the molecule is CCOC(=O)C1=C(C)Nc2ccccc2N=C1NC(=O)/C=C/c1ccco1. The molecule has 1 amide bonds. The van der Waals surface area contributed by atoms with Crippen LogP contribution in [0.25, 0.3) is 6.08 Å². The number of carbonyl (C=O) groups is 2. The van der Waals surface area contributed by atoms with E-state index in [9.17, 15) is 9.59 Å². The Hall–Kier alpha value is -3.61. The second-order valence-corrected chi connectivity index (χ2v) is 5.66. The lowest BCUT2D eigenvalue weighted by Gasteiger charge is -2.12. The summed E-state index contributed by atoms with van der Waals surface area (Å²) >= 11 is 0. The molecule has 27 heavy (non-hydrogen) atoms. The van der Waals surface area contributed by atoms with Gasteiger partial charge in [-0.05, 0) is 44.2 Å². The van der Waals surface area contributed by atoms with E-state index in [2.05, 4.69) is 15.6 Å². The fraction of sp³-hybridized carbons (Fsp3) is 0.150. The van der Waals surface area contributed by atoms with Crippen molar-refractivity contribution >= 4 is 35.2 Å². The Morgan fingerprint density at radius 3 is 2.81 bits per heavy atom. The lowest BCUT2D eigenvalue weighted by Crippen LogP contribution is -2.34. The first-order valence-electron chi connectivity index (χ1n) is 8.44. The van der Waals surface area contributed by atoms with Crippen molar-refractivity contribution in [2.24, 2.45) is 4.99 Å². The maximum Gasteiger partial charge on any atom is 0.343 e. The number of nitrogens with one attached hydrogen (secondary N) is 2. The molecule has 138 valence electrons. The molecule has 3 rings (SSSR count). The number of nitrogens with zero attached hydrogens (tertiary/aromatic N) is 1. The first-order chi connectivity index (χ1) is 13.1. The number of anilines is 1. The van der Waals surface area contributed by atoms with Gasteiger partial charge in [0.1, 0.15) is 17.2 Å². The Labute approximate surface area is 156 Å². The van der Waals surface area contributed by atoms with Crippen LogP contribution in [-0.2, 0) is 14.3 Å². The minimum atomic E-state index is -0.565. The van der Waals surface area contributed by atoms with Gasteiger partial charge in [-0.15, -0.1) is 0 Å². The summed E-state index contributed by atoms with van der Waals surface area (Å²) in [6.07, 6.45) is 4.35. The van der Waals surface area contributed by atoms with Gasteiger partial charge >= 0.3 is 5.97 Å². The summed E-state index contributed by atoms with van der Waals surface area (Å²) in [4.78, 5) is 29.3. The predicted octanol–water partition coefficient (Wildman–Crippen LogP) is 3.40. The molecule has 1 aliphatic rings. The minimum absolute atomic E-state index is 0.123. The van der Waals surface area contributed by atoms with Crippen LogP contribution in [0.5, 0.6) is 0 Å². The molecule has 0 atom stereocenters. The fourth-order valence-corrected chi connectivity index (χ4v) is 2.54. The van der Waals surface area contributed by atoms with Crippen molar-refractivity contribution in [3.63, 3.8) is 0 Å².